The molecule has 0 spiro atoms. The molecule has 0 saturated carbocycles. The van der Waals surface area contributed by atoms with Crippen molar-refractivity contribution in [2.45, 2.75) is 13.1 Å². The summed E-state index contributed by atoms with van der Waals surface area (Å²) in [4.78, 5) is 20.0. The Kier molecular flexibility index (Phi) is 5.61. The second-order valence-electron chi connectivity index (χ2n) is 6.27. The second kappa shape index (κ2) is 8.49. The lowest BCUT2D eigenvalue weighted by atomic mass is 10.2. The van der Waals surface area contributed by atoms with Crippen LogP contribution in [0.2, 0.25) is 5.02 Å². The van der Waals surface area contributed by atoms with Gasteiger partial charge in [0.1, 0.15) is 17.5 Å². The van der Waals surface area contributed by atoms with Gasteiger partial charge in [-0.1, -0.05) is 11.6 Å². The smallest absolute Gasteiger partial charge is 0.178 e. The van der Waals surface area contributed by atoms with E-state index in [1.807, 2.05) is 0 Å². The van der Waals surface area contributed by atoms with Gasteiger partial charge in [0.2, 0.25) is 0 Å². The van der Waals surface area contributed by atoms with Crippen molar-refractivity contribution in [3.63, 3.8) is 0 Å². The quantitative estimate of drug-likeness (QED) is 0.212. The molecule has 0 atom stereocenters. The number of nitrogens with zero attached hydrogens (tertiary/aromatic N) is 5. The zero-order valence-electron chi connectivity index (χ0n) is 15.5. The van der Waals surface area contributed by atoms with Crippen molar-refractivity contribution >= 4 is 34.3 Å². The molecule has 0 aliphatic carbocycles. The number of nitrogens with one attached hydrogen (secondary N) is 3. The molecule has 152 valence electrons. The van der Waals surface area contributed by atoms with Gasteiger partial charge in [-0.15, -0.1) is 0 Å². The van der Waals surface area contributed by atoms with Gasteiger partial charge in [-0.3, -0.25) is 10.6 Å². The van der Waals surface area contributed by atoms with Crippen LogP contribution < -0.4 is 10.4 Å². The minimum absolute atomic E-state index is 0.153. The summed E-state index contributed by atoms with van der Waals surface area (Å²) in [6.07, 6.45) is 4.83. The molecule has 4 N–H and O–H groups in total. The third kappa shape index (κ3) is 4.10. The number of rotatable bonds is 6. The summed E-state index contributed by atoms with van der Waals surface area (Å²) in [6, 6.07) is 6.99. The molecule has 11 heteroatoms. The first-order valence-corrected chi connectivity index (χ1v) is 9.24. The number of amidine groups is 1. The fourth-order valence-corrected chi connectivity index (χ4v) is 2.99. The predicted octanol–water partition coefficient (Wildman–Crippen LogP) is 3.05. The zero-order chi connectivity index (χ0) is 21.1. The number of aromatic amines is 1. The number of benzene rings is 1. The second-order valence-corrected chi connectivity index (χ2v) is 6.68. The standard InChI is InChI=1S/C19H16ClFN8O/c20-13-8-11(2-3-14(13)21)29(30)18(22)12-4-7-26-19-17(12)27-16(28-19)10-23-9-15-24-5-1-6-25-15/h1-8,22-23,30H,9-10H2,(H,26,27,28). The fraction of sp³-hybridized carbons (Fsp3) is 0.105. The third-order valence-electron chi connectivity index (χ3n) is 4.25. The van der Waals surface area contributed by atoms with Crippen LogP contribution in [-0.4, -0.2) is 36.0 Å². The van der Waals surface area contributed by atoms with Gasteiger partial charge in [-0.25, -0.2) is 29.4 Å². The Morgan fingerprint density at radius 2 is 1.97 bits per heavy atom. The maximum absolute atomic E-state index is 13.4. The number of H-pyrrole nitrogens is 1. The molecule has 0 saturated heterocycles. The summed E-state index contributed by atoms with van der Waals surface area (Å²) in [6.45, 7) is 0.863. The van der Waals surface area contributed by atoms with Crippen LogP contribution in [-0.2, 0) is 13.1 Å². The van der Waals surface area contributed by atoms with Crippen LogP contribution in [0.25, 0.3) is 11.2 Å². The highest BCUT2D eigenvalue weighted by Crippen LogP contribution is 2.24. The van der Waals surface area contributed by atoms with E-state index in [9.17, 15) is 9.60 Å². The average Bonchev–Trinajstić information content (AvgIpc) is 3.18. The van der Waals surface area contributed by atoms with Crippen LogP contribution in [0, 0.1) is 11.2 Å². The molecule has 3 heterocycles. The van der Waals surface area contributed by atoms with Crippen LogP contribution in [0.1, 0.15) is 17.2 Å². The Bertz CT molecular complexity index is 1200. The van der Waals surface area contributed by atoms with Crippen molar-refractivity contribution in [3.05, 3.63) is 77.0 Å². The van der Waals surface area contributed by atoms with Gasteiger partial charge >= 0.3 is 0 Å². The number of aromatic nitrogens is 5. The summed E-state index contributed by atoms with van der Waals surface area (Å²) < 4.78 is 13.4. The molecule has 0 unspecified atom stereocenters. The van der Waals surface area contributed by atoms with Crippen molar-refractivity contribution < 1.29 is 9.60 Å². The van der Waals surface area contributed by atoms with Crippen molar-refractivity contribution in [2.24, 2.45) is 0 Å². The molecule has 30 heavy (non-hydrogen) atoms. The molecular formula is C19H16ClFN8O. The number of pyridine rings is 1. The normalized spacial score (nSPS) is 11.0. The highest BCUT2D eigenvalue weighted by molar-refractivity contribution is 6.31. The molecule has 3 aromatic heterocycles. The Hall–Kier alpha value is -3.47. The van der Waals surface area contributed by atoms with E-state index >= 15 is 0 Å². The first-order chi connectivity index (χ1) is 14.5. The van der Waals surface area contributed by atoms with Crippen LogP contribution in [0.3, 0.4) is 0 Å². The number of fused-ring (bicyclic) bond motifs is 1. The number of hydrogen-bond acceptors (Lipinski definition) is 7. The fourth-order valence-electron chi connectivity index (χ4n) is 2.81. The highest BCUT2D eigenvalue weighted by atomic mass is 35.5. The Morgan fingerprint density at radius 1 is 1.17 bits per heavy atom. The van der Waals surface area contributed by atoms with E-state index in [1.54, 1.807) is 24.5 Å². The largest absolute Gasteiger partial charge is 0.339 e. The van der Waals surface area contributed by atoms with Crippen molar-refractivity contribution in [2.75, 3.05) is 5.06 Å². The Balaban J connectivity index is 1.54. The topological polar surface area (TPSA) is 127 Å². The van der Waals surface area contributed by atoms with Crippen molar-refractivity contribution in [3.8, 4) is 0 Å². The van der Waals surface area contributed by atoms with E-state index < -0.39 is 5.82 Å². The van der Waals surface area contributed by atoms with Gasteiger partial charge in [-0.2, -0.15) is 0 Å². The maximum atomic E-state index is 13.4. The summed E-state index contributed by atoms with van der Waals surface area (Å²) >= 11 is 5.77. The van der Waals surface area contributed by atoms with Gasteiger partial charge in [0.25, 0.3) is 0 Å². The Labute approximate surface area is 175 Å². The molecule has 0 bridgehead atoms. The molecule has 0 radical (unpaired) electrons. The lowest BCUT2D eigenvalue weighted by molar-refractivity contribution is 0.312. The first-order valence-electron chi connectivity index (χ1n) is 8.86. The molecule has 4 aromatic rings. The van der Waals surface area contributed by atoms with E-state index in [0.717, 1.165) is 6.07 Å². The molecule has 9 nitrogen and oxygen atoms in total. The predicted molar refractivity (Wildman–Crippen MR) is 109 cm³/mol. The average molecular weight is 427 g/mol. The third-order valence-corrected chi connectivity index (χ3v) is 4.54. The van der Waals surface area contributed by atoms with Crippen molar-refractivity contribution in [1.82, 2.24) is 30.2 Å². The van der Waals surface area contributed by atoms with E-state index in [4.69, 9.17) is 17.0 Å². The lowest BCUT2D eigenvalue weighted by Crippen LogP contribution is -2.27. The minimum atomic E-state index is -0.613. The molecule has 4 rings (SSSR count). The van der Waals surface area contributed by atoms with Crippen LogP contribution in [0.15, 0.2) is 48.9 Å². The number of anilines is 1. The molecule has 0 fully saturated rings. The molecule has 0 amide bonds. The molecule has 0 aliphatic rings. The number of halogens is 2. The van der Waals surface area contributed by atoms with E-state index in [0.29, 0.717) is 46.5 Å². The van der Waals surface area contributed by atoms with Crippen LogP contribution in [0.5, 0.6) is 0 Å². The number of hydroxylamine groups is 1. The minimum Gasteiger partial charge on any atom is -0.339 e. The summed E-state index contributed by atoms with van der Waals surface area (Å²) in [5.74, 6) is 0.398. The molecule has 1 aromatic carbocycles. The summed E-state index contributed by atoms with van der Waals surface area (Å²) in [5, 5.41) is 22.4. The SMILES string of the molecule is N=C(c1ccnc2nc(CNCc3ncccn3)[nH]c12)N(O)c1ccc(F)c(Cl)c1. The summed E-state index contributed by atoms with van der Waals surface area (Å²) in [7, 11) is 0. The monoisotopic (exact) mass is 426 g/mol. The van der Waals surface area contributed by atoms with Crippen molar-refractivity contribution in [1.29, 1.82) is 5.41 Å². The van der Waals surface area contributed by atoms with Gasteiger partial charge in [-0.05, 0) is 30.3 Å². The van der Waals surface area contributed by atoms with Gasteiger partial charge in [0, 0.05) is 24.2 Å². The van der Waals surface area contributed by atoms with Crippen LogP contribution >= 0.6 is 11.6 Å². The highest BCUT2D eigenvalue weighted by Gasteiger charge is 2.18. The van der Waals surface area contributed by atoms with Gasteiger partial charge in [0.05, 0.1) is 29.3 Å². The van der Waals surface area contributed by atoms with E-state index in [-0.39, 0.29) is 16.5 Å². The number of imidazole rings is 1. The maximum Gasteiger partial charge on any atom is 0.178 e. The molecular weight excluding hydrogens is 411 g/mol. The van der Waals surface area contributed by atoms with Crippen LogP contribution in [0.4, 0.5) is 10.1 Å². The molecule has 0 aliphatic heterocycles. The number of hydrogen-bond donors (Lipinski definition) is 4. The first kappa shape index (κ1) is 19.8. The van der Waals surface area contributed by atoms with Gasteiger partial charge < -0.3 is 10.3 Å². The Morgan fingerprint density at radius 3 is 2.73 bits per heavy atom. The summed E-state index contributed by atoms with van der Waals surface area (Å²) in [5.41, 5.74) is 1.41. The van der Waals surface area contributed by atoms with E-state index in [1.165, 1.54) is 18.3 Å². The zero-order valence-corrected chi connectivity index (χ0v) is 16.2. The van der Waals surface area contributed by atoms with E-state index in [2.05, 4.69) is 30.2 Å². The lowest BCUT2D eigenvalue weighted by Gasteiger charge is -2.18. The van der Waals surface area contributed by atoms with Gasteiger partial charge in [0.15, 0.2) is 11.5 Å².